The highest BCUT2D eigenvalue weighted by atomic mass is 15.3. The molecular weight excluding hydrogens is 312 g/mol. The molecule has 2 aromatic heterocycles. The molecular formula is C19H24N6. The zero-order chi connectivity index (χ0) is 17.1. The molecule has 0 amide bonds. The van der Waals surface area contributed by atoms with Crippen LogP contribution in [-0.2, 0) is 25.9 Å². The van der Waals surface area contributed by atoms with E-state index in [9.17, 15) is 0 Å². The Morgan fingerprint density at radius 2 is 2.08 bits per heavy atom. The van der Waals surface area contributed by atoms with Crippen LogP contribution in [0.3, 0.4) is 0 Å². The largest absolute Gasteiger partial charge is 0.315 e. The van der Waals surface area contributed by atoms with Gasteiger partial charge in [0.2, 0.25) is 0 Å². The summed E-state index contributed by atoms with van der Waals surface area (Å²) in [6.45, 7) is 5.03. The number of nitrogens with zero attached hydrogens (tertiary/aromatic N) is 5. The quantitative estimate of drug-likeness (QED) is 0.751. The van der Waals surface area contributed by atoms with Crippen LogP contribution in [0, 0.1) is 5.92 Å². The molecule has 1 atom stereocenters. The Kier molecular flexibility index (Phi) is 4.61. The van der Waals surface area contributed by atoms with E-state index in [-0.39, 0.29) is 0 Å². The number of aryl methyl sites for hydroxylation is 2. The predicted octanol–water partition coefficient (Wildman–Crippen LogP) is 2.38. The van der Waals surface area contributed by atoms with Crippen LogP contribution in [0.5, 0.6) is 0 Å². The summed E-state index contributed by atoms with van der Waals surface area (Å²) in [5.41, 5.74) is 2.30. The molecule has 0 radical (unpaired) electrons. The average molecular weight is 336 g/mol. The molecule has 1 aromatic carbocycles. The van der Waals surface area contributed by atoms with Crippen LogP contribution in [0.1, 0.15) is 30.6 Å². The molecule has 3 heterocycles. The highest BCUT2D eigenvalue weighted by Gasteiger charge is 2.21. The van der Waals surface area contributed by atoms with Gasteiger partial charge in [-0.05, 0) is 31.0 Å². The third-order valence-electron chi connectivity index (χ3n) is 4.86. The van der Waals surface area contributed by atoms with Crippen molar-refractivity contribution in [3.63, 3.8) is 0 Å². The molecule has 0 saturated heterocycles. The lowest BCUT2D eigenvalue weighted by Gasteiger charge is -2.24. The van der Waals surface area contributed by atoms with Gasteiger partial charge in [-0.1, -0.05) is 25.1 Å². The zero-order valence-corrected chi connectivity index (χ0v) is 14.6. The van der Waals surface area contributed by atoms with Gasteiger partial charge < -0.3 is 9.88 Å². The number of para-hydroxylation sites is 1. The Hall–Kier alpha value is -2.47. The van der Waals surface area contributed by atoms with Crippen molar-refractivity contribution in [1.82, 2.24) is 29.9 Å². The lowest BCUT2D eigenvalue weighted by Crippen LogP contribution is -2.30. The van der Waals surface area contributed by atoms with E-state index in [1.54, 1.807) is 0 Å². The minimum absolute atomic E-state index is 0.637. The Morgan fingerprint density at radius 1 is 1.20 bits per heavy atom. The van der Waals surface area contributed by atoms with Crippen LogP contribution in [-0.4, -0.2) is 31.1 Å². The van der Waals surface area contributed by atoms with E-state index < -0.39 is 0 Å². The molecule has 1 aliphatic heterocycles. The fourth-order valence-corrected chi connectivity index (χ4v) is 3.47. The van der Waals surface area contributed by atoms with E-state index in [4.69, 9.17) is 0 Å². The van der Waals surface area contributed by atoms with E-state index in [1.807, 2.05) is 29.1 Å². The maximum absolute atomic E-state index is 4.45. The van der Waals surface area contributed by atoms with E-state index in [0.29, 0.717) is 5.92 Å². The van der Waals surface area contributed by atoms with Crippen molar-refractivity contribution in [3.8, 4) is 5.69 Å². The summed E-state index contributed by atoms with van der Waals surface area (Å²) >= 11 is 0. The van der Waals surface area contributed by atoms with Gasteiger partial charge in [0, 0.05) is 37.7 Å². The van der Waals surface area contributed by atoms with E-state index in [1.165, 1.54) is 12.0 Å². The maximum atomic E-state index is 4.45. The predicted molar refractivity (Wildman–Crippen MR) is 96.5 cm³/mol. The van der Waals surface area contributed by atoms with Crippen LogP contribution in [0.25, 0.3) is 5.69 Å². The molecule has 0 spiro atoms. The Balaban J connectivity index is 1.31. The second-order valence-corrected chi connectivity index (χ2v) is 6.66. The fraction of sp³-hybridized carbons (Fsp3) is 0.421. The molecule has 25 heavy (non-hydrogen) atoms. The van der Waals surface area contributed by atoms with Crippen molar-refractivity contribution < 1.29 is 0 Å². The molecule has 6 heteroatoms. The van der Waals surface area contributed by atoms with Gasteiger partial charge in [-0.3, -0.25) is 0 Å². The average Bonchev–Trinajstić information content (AvgIpc) is 3.29. The molecule has 0 saturated carbocycles. The summed E-state index contributed by atoms with van der Waals surface area (Å²) in [6, 6.07) is 10.2. The summed E-state index contributed by atoms with van der Waals surface area (Å²) in [5, 5.41) is 16.6. The lowest BCUT2D eigenvalue weighted by molar-refractivity contribution is 0.342. The highest BCUT2D eigenvalue weighted by molar-refractivity contribution is 5.30. The fourth-order valence-electron chi connectivity index (χ4n) is 3.47. The molecule has 0 bridgehead atoms. The van der Waals surface area contributed by atoms with Crippen molar-refractivity contribution in [2.24, 2.45) is 5.92 Å². The minimum atomic E-state index is 0.637. The number of rotatable bonds is 6. The first-order valence-corrected chi connectivity index (χ1v) is 9.04. The summed E-state index contributed by atoms with van der Waals surface area (Å²) in [7, 11) is 0. The van der Waals surface area contributed by atoms with Crippen molar-refractivity contribution in [1.29, 1.82) is 0 Å². The third kappa shape index (κ3) is 3.49. The van der Waals surface area contributed by atoms with Gasteiger partial charge in [-0.25, -0.2) is 4.68 Å². The second-order valence-electron chi connectivity index (χ2n) is 6.66. The van der Waals surface area contributed by atoms with Crippen LogP contribution in [0.4, 0.5) is 0 Å². The van der Waals surface area contributed by atoms with Gasteiger partial charge in [0.1, 0.15) is 11.6 Å². The first-order valence-electron chi connectivity index (χ1n) is 9.04. The van der Waals surface area contributed by atoms with E-state index in [2.05, 4.69) is 50.4 Å². The summed E-state index contributed by atoms with van der Waals surface area (Å²) in [5.74, 6) is 2.90. The van der Waals surface area contributed by atoms with Crippen molar-refractivity contribution in [2.75, 3.05) is 6.54 Å². The molecule has 0 aliphatic carbocycles. The summed E-state index contributed by atoms with van der Waals surface area (Å²) in [4.78, 5) is 0. The van der Waals surface area contributed by atoms with Crippen molar-refractivity contribution in [3.05, 3.63) is 59.9 Å². The van der Waals surface area contributed by atoms with E-state index in [0.717, 1.165) is 49.8 Å². The van der Waals surface area contributed by atoms with Gasteiger partial charge in [-0.2, -0.15) is 5.10 Å². The Morgan fingerprint density at radius 3 is 2.92 bits per heavy atom. The van der Waals surface area contributed by atoms with Crippen LogP contribution in [0.2, 0.25) is 0 Å². The van der Waals surface area contributed by atoms with E-state index >= 15 is 0 Å². The molecule has 4 rings (SSSR count). The number of hydrogen-bond acceptors (Lipinski definition) is 4. The lowest BCUT2D eigenvalue weighted by atomic mass is 9.99. The number of aromatic nitrogens is 5. The molecule has 1 aliphatic rings. The smallest absolute Gasteiger partial charge is 0.133 e. The normalized spacial score (nSPS) is 16.8. The van der Waals surface area contributed by atoms with Crippen molar-refractivity contribution >= 4 is 0 Å². The molecule has 0 fully saturated rings. The topological polar surface area (TPSA) is 60.6 Å². The van der Waals surface area contributed by atoms with Gasteiger partial charge in [0.25, 0.3) is 0 Å². The molecule has 1 unspecified atom stereocenters. The van der Waals surface area contributed by atoms with Gasteiger partial charge in [0.05, 0.1) is 11.9 Å². The number of hydrogen-bond donors (Lipinski definition) is 1. The zero-order valence-electron chi connectivity index (χ0n) is 14.6. The SMILES string of the molecule is CCc1nnc2n1CC(CNCc1cnn(-c3ccccc3)c1)CC2. The maximum Gasteiger partial charge on any atom is 0.133 e. The standard InChI is InChI=1S/C19H24N6/c1-2-18-22-23-19-9-8-15(13-24(18)19)10-20-11-16-12-21-25(14-16)17-6-4-3-5-7-17/h3-7,12,14-15,20H,2,8-11,13H2,1H3. The number of fused-ring (bicyclic) bond motifs is 1. The van der Waals surface area contributed by atoms with Crippen molar-refractivity contribution in [2.45, 2.75) is 39.3 Å². The summed E-state index contributed by atoms with van der Waals surface area (Å²) in [6.07, 6.45) is 7.19. The number of benzene rings is 1. The molecule has 3 aromatic rings. The van der Waals surface area contributed by atoms with Gasteiger partial charge in [0.15, 0.2) is 0 Å². The summed E-state index contributed by atoms with van der Waals surface area (Å²) < 4.78 is 4.23. The van der Waals surface area contributed by atoms with Gasteiger partial charge >= 0.3 is 0 Å². The van der Waals surface area contributed by atoms with Crippen LogP contribution in [0.15, 0.2) is 42.7 Å². The van der Waals surface area contributed by atoms with Crippen LogP contribution < -0.4 is 5.32 Å². The molecule has 6 nitrogen and oxygen atoms in total. The molecule has 130 valence electrons. The Labute approximate surface area is 147 Å². The minimum Gasteiger partial charge on any atom is -0.315 e. The highest BCUT2D eigenvalue weighted by Crippen LogP contribution is 2.20. The second kappa shape index (κ2) is 7.19. The van der Waals surface area contributed by atoms with Gasteiger partial charge in [-0.15, -0.1) is 10.2 Å². The molecule has 1 N–H and O–H groups in total. The number of nitrogens with one attached hydrogen (secondary N) is 1. The first-order chi connectivity index (χ1) is 12.3. The first kappa shape index (κ1) is 16.0. The van der Waals surface area contributed by atoms with Crippen LogP contribution >= 0.6 is 0 Å². The third-order valence-corrected chi connectivity index (χ3v) is 4.86. The monoisotopic (exact) mass is 336 g/mol. The Bertz CT molecular complexity index is 806.